The number of urea groups is 1. The van der Waals surface area contributed by atoms with Gasteiger partial charge in [-0.25, -0.2) is 4.79 Å². The second kappa shape index (κ2) is 7.62. The Labute approximate surface area is 143 Å². The summed E-state index contributed by atoms with van der Waals surface area (Å²) in [5.74, 6) is -0.731. The molecule has 1 aromatic carbocycles. The molecule has 0 unspecified atom stereocenters. The highest BCUT2D eigenvalue weighted by atomic mass is 19.4. The Morgan fingerprint density at radius 3 is 2.32 bits per heavy atom. The molecule has 0 aliphatic carbocycles. The number of rotatable bonds is 3. The third-order valence-corrected chi connectivity index (χ3v) is 4.07. The fourth-order valence-electron chi connectivity index (χ4n) is 2.69. The second-order valence-electron chi connectivity index (χ2n) is 6.10. The fraction of sp³-hybridized carbons (Fsp3) is 0.500. The van der Waals surface area contributed by atoms with E-state index in [0.29, 0.717) is 25.9 Å². The van der Waals surface area contributed by atoms with Gasteiger partial charge in [-0.05, 0) is 25.0 Å². The van der Waals surface area contributed by atoms with Crippen LogP contribution in [0.2, 0.25) is 0 Å². The number of nitrogens with one attached hydrogen (secondary N) is 2. The maximum Gasteiger partial charge on any atom is 0.418 e. The van der Waals surface area contributed by atoms with Crippen LogP contribution in [0.5, 0.6) is 0 Å². The summed E-state index contributed by atoms with van der Waals surface area (Å²) in [6, 6.07) is 4.82. The topological polar surface area (TPSA) is 64.7 Å². The predicted octanol–water partition coefficient (Wildman–Crippen LogP) is 2.54. The Kier molecular flexibility index (Phi) is 5.76. The number of hydrogen-bond acceptors (Lipinski definition) is 3. The van der Waals surface area contributed by atoms with Crippen molar-refractivity contribution in [2.75, 3.05) is 32.6 Å². The van der Waals surface area contributed by atoms with Gasteiger partial charge in [0.05, 0.1) is 11.3 Å². The molecule has 0 bridgehead atoms. The third kappa shape index (κ3) is 4.77. The van der Waals surface area contributed by atoms with Crippen molar-refractivity contribution < 1.29 is 22.8 Å². The average Bonchev–Trinajstić information content (AvgIpc) is 2.58. The van der Waals surface area contributed by atoms with Gasteiger partial charge in [-0.2, -0.15) is 13.2 Å². The first-order valence-electron chi connectivity index (χ1n) is 7.88. The summed E-state index contributed by atoms with van der Waals surface area (Å²) in [5, 5.41) is 0. The molecule has 2 N–H and O–H groups in total. The number of carbonyl (C=O) groups is 2. The van der Waals surface area contributed by atoms with E-state index in [1.807, 2.05) is 0 Å². The number of amides is 3. The molecule has 9 heteroatoms. The van der Waals surface area contributed by atoms with E-state index < -0.39 is 11.7 Å². The van der Waals surface area contributed by atoms with Crippen molar-refractivity contribution in [3.8, 4) is 0 Å². The van der Waals surface area contributed by atoms with Gasteiger partial charge in [0.1, 0.15) is 0 Å². The lowest BCUT2D eigenvalue weighted by Gasteiger charge is -2.33. The van der Waals surface area contributed by atoms with Gasteiger partial charge in [-0.15, -0.1) is 0 Å². The largest absolute Gasteiger partial charge is 0.418 e. The minimum absolute atomic E-state index is 0.115. The Bertz CT molecular complexity index is 626. The van der Waals surface area contributed by atoms with E-state index in [1.54, 1.807) is 19.0 Å². The number of benzene rings is 1. The minimum atomic E-state index is -4.51. The second-order valence-corrected chi connectivity index (χ2v) is 6.10. The van der Waals surface area contributed by atoms with Crippen molar-refractivity contribution in [3.05, 3.63) is 29.8 Å². The summed E-state index contributed by atoms with van der Waals surface area (Å²) in [5.41, 5.74) is 3.66. The molecular formula is C16H21F3N4O2. The lowest BCUT2D eigenvalue weighted by atomic mass is 9.96. The van der Waals surface area contributed by atoms with Gasteiger partial charge in [-0.1, -0.05) is 12.1 Å². The van der Waals surface area contributed by atoms with Crippen LogP contribution in [0.25, 0.3) is 0 Å². The lowest BCUT2D eigenvalue weighted by molar-refractivity contribution is -0.137. The average molecular weight is 358 g/mol. The number of halogens is 3. The van der Waals surface area contributed by atoms with Crippen LogP contribution in [0.1, 0.15) is 18.4 Å². The molecule has 0 aromatic heterocycles. The predicted molar refractivity (Wildman–Crippen MR) is 86.6 cm³/mol. The molecule has 1 aliphatic rings. The third-order valence-electron chi connectivity index (χ3n) is 4.07. The van der Waals surface area contributed by atoms with Crippen LogP contribution in [0.15, 0.2) is 24.3 Å². The van der Waals surface area contributed by atoms with Crippen molar-refractivity contribution in [1.82, 2.24) is 15.2 Å². The molecule has 2 rings (SSSR count). The molecule has 0 radical (unpaired) electrons. The van der Waals surface area contributed by atoms with Gasteiger partial charge in [-0.3, -0.25) is 15.6 Å². The van der Waals surface area contributed by atoms with Crippen LogP contribution in [-0.4, -0.2) is 48.9 Å². The van der Waals surface area contributed by atoms with E-state index in [1.165, 1.54) is 23.1 Å². The molecule has 6 nitrogen and oxygen atoms in total. The van der Waals surface area contributed by atoms with Crippen LogP contribution in [-0.2, 0) is 11.0 Å². The van der Waals surface area contributed by atoms with E-state index in [9.17, 15) is 22.8 Å². The molecule has 1 fully saturated rings. The minimum Gasteiger partial charge on any atom is -0.331 e. The maximum absolute atomic E-state index is 12.9. The van der Waals surface area contributed by atoms with E-state index in [-0.39, 0.29) is 23.5 Å². The molecule has 0 atom stereocenters. The van der Waals surface area contributed by atoms with Gasteiger partial charge >= 0.3 is 12.2 Å². The summed E-state index contributed by atoms with van der Waals surface area (Å²) in [4.78, 5) is 27.1. The molecule has 1 heterocycles. The normalized spacial score (nSPS) is 15.6. The number of alkyl halides is 3. The Morgan fingerprint density at radius 1 is 1.16 bits per heavy atom. The number of hydrazine groups is 1. The zero-order chi connectivity index (χ0) is 18.6. The van der Waals surface area contributed by atoms with E-state index >= 15 is 0 Å². The van der Waals surface area contributed by atoms with Gasteiger partial charge < -0.3 is 9.80 Å². The van der Waals surface area contributed by atoms with Crippen molar-refractivity contribution in [1.29, 1.82) is 0 Å². The SMILES string of the molecule is CN(C)C(=O)N1CCC(C(=O)NNc2ccccc2C(F)(F)F)CC1. The number of hydrogen-bond donors (Lipinski definition) is 2. The van der Waals surface area contributed by atoms with E-state index in [2.05, 4.69) is 10.9 Å². The molecule has 1 aromatic rings. The molecule has 25 heavy (non-hydrogen) atoms. The lowest BCUT2D eigenvalue weighted by Crippen LogP contribution is -2.47. The van der Waals surface area contributed by atoms with Crippen LogP contribution < -0.4 is 10.9 Å². The van der Waals surface area contributed by atoms with Crippen LogP contribution >= 0.6 is 0 Å². The van der Waals surface area contributed by atoms with Crippen molar-refractivity contribution in [2.45, 2.75) is 19.0 Å². The molecular weight excluding hydrogens is 337 g/mol. The molecule has 0 spiro atoms. The zero-order valence-corrected chi connectivity index (χ0v) is 14.1. The Hall–Kier alpha value is -2.45. The first-order valence-corrected chi connectivity index (χ1v) is 7.88. The van der Waals surface area contributed by atoms with Gasteiger partial charge in [0.15, 0.2) is 0 Å². The van der Waals surface area contributed by atoms with Crippen molar-refractivity contribution in [2.24, 2.45) is 5.92 Å². The van der Waals surface area contributed by atoms with Gasteiger partial charge in [0.25, 0.3) is 0 Å². The molecule has 1 aliphatic heterocycles. The van der Waals surface area contributed by atoms with Crippen molar-refractivity contribution >= 4 is 17.6 Å². The summed E-state index contributed by atoms with van der Waals surface area (Å²) < 4.78 is 38.8. The first kappa shape index (κ1) is 18.9. The Morgan fingerprint density at radius 2 is 1.76 bits per heavy atom. The van der Waals surface area contributed by atoms with Gasteiger partial charge in [0.2, 0.25) is 5.91 Å². The van der Waals surface area contributed by atoms with Crippen LogP contribution in [0.3, 0.4) is 0 Å². The molecule has 0 saturated carbocycles. The monoisotopic (exact) mass is 358 g/mol. The number of anilines is 1. The zero-order valence-electron chi connectivity index (χ0n) is 14.1. The molecule has 3 amide bonds. The summed E-state index contributed by atoms with van der Waals surface area (Å²) in [7, 11) is 3.31. The number of likely N-dealkylation sites (tertiary alicyclic amines) is 1. The highest BCUT2D eigenvalue weighted by Crippen LogP contribution is 2.34. The summed E-state index contributed by atoms with van der Waals surface area (Å²) in [6.45, 7) is 0.877. The molecule has 138 valence electrons. The fourth-order valence-corrected chi connectivity index (χ4v) is 2.69. The standard InChI is InChI=1S/C16H21F3N4O2/c1-22(2)15(25)23-9-7-11(8-10-23)14(24)21-20-13-6-4-3-5-12(13)16(17,18)19/h3-6,11,20H,7-10H2,1-2H3,(H,21,24). The summed E-state index contributed by atoms with van der Waals surface area (Å²) in [6.07, 6.45) is -3.58. The number of carbonyl (C=O) groups excluding carboxylic acids is 2. The van der Waals surface area contributed by atoms with Crippen molar-refractivity contribution in [3.63, 3.8) is 0 Å². The Balaban J connectivity index is 1.89. The number of piperidine rings is 1. The number of nitrogens with zero attached hydrogens (tertiary/aromatic N) is 2. The van der Waals surface area contributed by atoms with E-state index in [4.69, 9.17) is 0 Å². The highest BCUT2D eigenvalue weighted by Gasteiger charge is 2.33. The maximum atomic E-state index is 12.9. The summed E-state index contributed by atoms with van der Waals surface area (Å²) >= 11 is 0. The smallest absolute Gasteiger partial charge is 0.331 e. The first-order chi connectivity index (χ1) is 11.7. The quantitative estimate of drug-likeness (QED) is 0.816. The molecule has 1 saturated heterocycles. The highest BCUT2D eigenvalue weighted by molar-refractivity contribution is 5.81. The van der Waals surface area contributed by atoms with Gasteiger partial charge in [0, 0.05) is 33.1 Å². The van der Waals surface area contributed by atoms with E-state index in [0.717, 1.165) is 6.07 Å². The van der Waals surface area contributed by atoms with Crippen LogP contribution in [0.4, 0.5) is 23.7 Å². The van der Waals surface area contributed by atoms with Crippen LogP contribution in [0, 0.1) is 5.92 Å². The number of para-hydroxylation sites is 1.